The Kier molecular flexibility index (Phi) is 4.53. The van der Waals surface area contributed by atoms with E-state index >= 15 is 0 Å². The van der Waals surface area contributed by atoms with Crippen molar-refractivity contribution in [1.29, 1.82) is 0 Å². The molecule has 0 spiro atoms. The number of hydrogen-bond acceptors (Lipinski definition) is 1. The summed E-state index contributed by atoms with van der Waals surface area (Å²) < 4.78 is 0. The zero-order valence-corrected chi connectivity index (χ0v) is 10.1. The van der Waals surface area contributed by atoms with Crippen molar-refractivity contribution in [2.24, 2.45) is 0 Å². The van der Waals surface area contributed by atoms with E-state index in [0.717, 1.165) is 19.3 Å². The summed E-state index contributed by atoms with van der Waals surface area (Å²) in [4.78, 5) is 10.4. The third kappa shape index (κ3) is 4.05. The molecule has 0 saturated heterocycles. The number of hydrogen-bond donors (Lipinski definition) is 1. The first-order chi connectivity index (χ1) is 7.52. The van der Waals surface area contributed by atoms with Gasteiger partial charge in [-0.05, 0) is 23.8 Å². The van der Waals surface area contributed by atoms with Crippen molar-refractivity contribution < 1.29 is 9.90 Å². The Balaban J connectivity index is 2.43. The minimum Gasteiger partial charge on any atom is -0.481 e. The van der Waals surface area contributed by atoms with E-state index in [9.17, 15) is 4.79 Å². The molecular weight excluding hydrogens is 200 g/mol. The predicted molar refractivity (Wildman–Crippen MR) is 65.6 cm³/mol. The Hall–Kier alpha value is -1.31. The van der Waals surface area contributed by atoms with Crippen LogP contribution >= 0.6 is 0 Å². The van der Waals surface area contributed by atoms with Crippen LogP contribution in [0.1, 0.15) is 45.1 Å². The molecular formula is C14H20O2. The smallest absolute Gasteiger partial charge is 0.303 e. The van der Waals surface area contributed by atoms with Gasteiger partial charge in [-0.15, -0.1) is 0 Å². The van der Waals surface area contributed by atoms with Crippen molar-refractivity contribution in [1.82, 2.24) is 0 Å². The highest BCUT2D eigenvalue weighted by atomic mass is 16.4. The lowest BCUT2D eigenvalue weighted by Crippen LogP contribution is -2.16. The molecule has 0 amide bonds. The quantitative estimate of drug-likeness (QED) is 0.743. The maximum Gasteiger partial charge on any atom is 0.303 e. The fraction of sp³-hybridized carbons (Fsp3) is 0.500. The predicted octanol–water partition coefficient (Wildman–Crippen LogP) is 3.61. The second kappa shape index (κ2) is 5.69. The van der Waals surface area contributed by atoms with Gasteiger partial charge in [0, 0.05) is 6.42 Å². The molecule has 2 nitrogen and oxygen atoms in total. The number of carbonyl (C=O) groups is 1. The minimum absolute atomic E-state index is 0.139. The molecule has 0 aliphatic heterocycles. The van der Waals surface area contributed by atoms with E-state index in [-0.39, 0.29) is 11.8 Å². The maximum absolute atomic E-state index is 10.4. The zero-order valence-electron chi connectivity index (χ0n) is 10.1. The summed E-state index contributed by atoms with van der Waals surface area (Å²) in [6.45, 7) is 4.42. The second-order valence-corrected chi connectivity index (χ2v) is 4.85. The Labute approximate surface area is 97.3 Å². The van der Waals surface area contributed by atoms with Gasteiger partial charge >= 0.3 is 5.97 Å². The molecule has 0 atom stereocenters. The lowest BCUT2D eigenvalue weighted by molar-refractivity contribution is -0.137. The number of benzene rings is 1. The van der Waals surface area contributed by atoms with Crippen LogP contribution in [0.4, 0.5) is 0 Å². The van der Waals surface area contributed by atoms with Gasteiger partial charge in [0.2, 0.25) is 0 Å². The molecule has 0 aliphatic carbocycles. The third-order valence-electron chi connectivity index (χ3n) is 3.00. The molecule has 0 fully saturated rings. The highest BCUT2D eigenvalue weighted by Crippen LogP contribution is 2.28. The van der Waals surface area contributed by atoms with E-state index in [4.69, 9.17) is 5.11 Å². The fourth-order valence-corrected chi connectivity index (χ4v) is 1.88. The monoisotopic (exact) mass is 220 g/mol. The lowest BCUT2D eigenvalue weighted by atomic mass is 9.80. The van der Waals surface area contributed by atoms with Crippen molar-refractivity contribution >= 4 is 5.97 Å². The summed E-state index contributed by atoms with van der Waals surface area (Å²) in [6, 6.07) is 10.4. The number of carboxylic acid groups (broad SMARTS) is 1. The molecule has 0 heterocycles. The first kappa shape index (κ1) is 12.8. The summed E-state index contributed by atoms with van der Waals surface area (Å²) in [5.41, 5.74) is 1.46. The van der Waals surface area contributed by atoms with Gasteiger partial charge in [0.15, 0.2) is 0 Å². The van der Waals surface area contributed by atoms with E-state index in [1.807, 2.05) is 18.2 Å². The minimum atomic E-state index is -0.697. The Morgan fingerprint density at radius 3 is 2.38 bits per heavy atom. The zero-order chi connectivity index (χ0) is 12.0. The highest BCUT2D eigenvalue weighted by molar-refractivity contribution is 5.66. The van der Waals surface area contributed by atoms with Gasteiger partial charge in [-0.3, -0.25) is 4.79 Å². The Morgan fingerprint density at radius 1 is 1.19 bits per heavy atom. The summed E-state index contributed by atoms with van der Waals surface area (Å²) in [7, 11) is 0. The molecule has 1 N–H and O–H groups in total. The molecule has 1 rings (SSSR count). The molecule has 88 valence electrons. The first-order valence-corrected chi connectivity index (χ1v) is 5.80. The largest absolute Gasteiger partial charge is 0.481 e. The molecule has 0 aromatic heterocycles. The normalized spacial score (nSPS) is 11.4. The summed E-state index contributed by atoms with van der Waals surface area (Å²) in [5, 5.41) is 8.56. The molecule has 0 radical (unpaired) electrons. The number of rotatable bonds is 6. The molecule has 16 heavy (non-hydrogen) atoms. The Morgan fingerprint density at radius 2 is 1.81 bits per heavy atom. The van der Waals surface area contributed by atoms with Gasteiger partial charge in [0.1, 0.15) is 0 Å². The van der Waals surface area contributed by atoms with E-state index in [1.54, 1.807) is 0 Å². The molecule has 1 aromatic rings. The van der Waals surface area contributed by atoms with Crippen LogP contribution in [0.5, 0.6) is 0 Å². The average Bonchev–Trinajstić information content (AvgIpc) is 2.26. The van der Waals surface area contributed by atoms with Gasteiger partial charge in [-0.2, -0.15) is 0 Å². The Bertz CT molecular complexity index is 328. The average molecular weight is 220 g/mol. The number of aliphatic carboxylic acids is 1. The van der Waals surface area contributed by atoms with Gasteiger partial charge in [0.05, 0.1) is 0 Å². The van der Waals surface area contributed by atoms with Crippen LogP contribution in [0.15, 0.2) is 30.3 Å². The molecule has 0 aliphatic rings. The van der Waals surface area contributed by atoms with Crippen LogP contribution < -0.4 is 0 Å². The van der Waals surface area contributed by atoms with Crippen LogP contribution in [0.2, 0.25) is 0 Å². The van der Waals surface area contributed by atoms with Crippen LogP contribution in [0.3, 0.4) is 0 Å². The van der Waals surface area contributed by atoms with E-state index in [1.165, 1.54) is 5.56 Å². The second-order valence-electron chi connectivity index (χ2n) is 4.85. The third-order valence-corrected chi connectivity index (χ3v) is 3.00. The van der Waals surface area contributed by atoms with Crippen LogP contribution in [-0.2, 0) is 10.2 Å². The van der Waals surface area contributed by atoms with E-state index < -0.39 is 5.97 Å². The van der Waals surface area contributed by atoms with Gasteiger partial charge in [-0.1, -0.05) is 50.6 Å². The van der Waals surface area contributed by atoms with E-state index in [2.05, 4.69) is 26.0 Å². The maximum atomic E-state index is 10.4. The van der Waals surface area contributed by atoms with E-state index in [0.29, 0.717) is 0 Å². The number of carboxylic acids is 1. The van der Waals surface area contributed by atoms with Crippen molar-refractivity contribution in [3.8, 4) is 0 Å². The SMILES string of the molecule is CC(C)(CCCCC(=O)O)c1ccccc1. The summed E-state index contributed by atoms with van der Waals surface area (Å²) in [6.07, 6.45) is 3.05. The standard InChI is InChI=1S/C14H20O2/c1-14(2,11-7-6-10-13(15)16)12-8-4-3-5-9-12/h3-5,8-9H,6-7,10-11H2,1-2H3,(H,15,16). The van der Waals surface area contributed by atoms with Crippen molar-refractivity contribution in [2.45, 2.75) is 44.9 Å². The van der Waals surface area contributed by atoms with Crippen molar-refractivity contribution in [3.63, 3.8) is 0 Å². The molecule has 0 unspecified atom stereocenters. The molecule has 0 saturated carbocycles. The van der Waals surface area contributed by atoms with Crippen molar-refractivity contribution in [2.75, 3.05) is 0 Å². The highest BCUT2D eigenvalue weighted by Gasteiger charge is 2.19. The van der Waals surface area contributed by atoms with Gasteiger partial charge < -0.3 is 5.11 Å². The first-order valence-electron chi connectivity index (χ1n) is 5.80. The molecule has 2 heteroatoms. The summed E-state index contributed by atoms with van der Waals surface area (Å²) in [5.74, 6) is -0.697. The van der Waals surface area contributed by atoms with Crippen LogP contribution in [0, 0.1) is 0 Å². The summed E-state index contributed by atoms with van der Waals surface area (Å²) >= 11 is 0. The lowest BCUT2D eigenvalue weighted by Gasteiger charge is -2.25. The van der Waals surface area contributed by atoms with Crippen LogP contribution in [0.25, 0.3) is 0 Å². The van der Waals surface area contributed by atoms with Gasteiger partial charge in [0.25, 0.3) is 0 Å². The molecule has 1 aromatic carbocycles. The topological polar surface area (TPSA) is 37.3 Å². The molecule has 0 bridgehead atoms. The van der Waals surface area contributed by atoms with Crippen LogP contribution in [-0.4, -0.2) is 11.1 Å². The van der Waals surface area contributed by atoms with Gasteiger partial charge in [-0.25, -0.2) is 0 Å². The number of unbranched alkanes of at least 4 members (excludes halogenated alkanes) is 1. The fourth-order valence-electron chi connectivity index (χ4n) is 1.88. The van der Waals surface area contributed by atoms with Crippen molar-refractivity contribution in [3.05, 3.63) is 35.9 Å².